The zero-order chi connectivity index (χ0) is 21.8. The van der Waals surface area contributed by atoms with E-state index in [4.69, 9.17) is 4.42 Å². The number of aryl methyl sites for hydroxylation is 1. The molecule has 3 N–H and O–H groups in total. The molecule has 4 rings (SSSR count). The minimum atomic E-state index is -0.519. The predicted octanol–water partition coefficient (Wildman–Crippen LogP) is 3.06. The number of nitrogens with one attached hydrogen (secondary N) is 3. The lowest BCUT2D eigenvalue weighted by Crippen LogP contribution is -2.32. The van der Waals surface area contributed by atoms with Crippen molar-refractivity contribution in [1.29, 1.82) is 0 Å². The lowest BCUT2D eigenvalue weighted by molar-refractivity contribution is -0.120. The highest BCUT2D eigenvalue weighted by Gasteiger charge is 2.30. The molecule has 162 valence electrons. The van der Waals surface area contributed by atoms with E-state index >= 15 is 0 Å². The lowest BCUT2D eigenvalue weighted by atomic mass is 9.98. The van der Waals surface area contributed by atoms with Crippen LogP contribution in [0, 0.1) is 12.8 Å². The van der Waals surface area contributed by atoms with Gasteiger partial charge in [0.15, 0.2) is 0 Å². The normalized spacial score (nSPS) is 19.2. The fourth-order valence-electron chi connectivity index (χ4n) is 4.03. The van der Waals surface area contributed by atoms with Crippen molar-refractivity contribution in [2.75, 3.05) is 19.6 Å². The Morgan fingerprint density at radius 2 is 2.13 bits per heavy atom. The summed E-state index contributed by atoms with van der Waals surface area (Å²) in [4.78, 5) is 22.6. The molecular formula is C23H28N6O2. The third-order valence-electron chi connectivity index (χ3n) is 5.75. The number of furan rings is 1. The fourth-order valence-corrected chi connectivity index (χ4v) is 4.03. The predicted molar refractivity (Wildman–Crippen MR) is 123 cm³/mol. The number of nitrogens with zero attached hydrogens (tertiary/aromatic N) is 3. The van der Waals surface area contributed by atoms with E-state index in [1.54, 1.807) is 24.9 Å². The smallest absolute Gasteiger partial charge is 0.254 e. The van der Waals surface area contributed by atoms with Gasteiger partial charge in [-0.25, -0.2) is 5.43 Å². The molecule has 8 heteroatoms. The Kier molecular flexibility index (Phi) is 6.18. The van der Waals surface area contributed by atoms with Gasteiger partial charge in [0.1, 0.15) is 11.7 Å². The Morgan fingerprint density at radius 3 is 2.81 bits per heavy atom. The van der Waals surface area contributed by atoms with E-state index < -0.39 is 5.92 Å². The van der Waals surface area contributed by atoms with E-state index in [0.717, 1.165) is 54.5 Å². The van der Waals surface area contributed by atoms with Gasteiger partial charge in [-0.1, -0.05) is 13.8 Å². The van der Waals surface area contributed by atoms with Crippen LogP contribution in [-0.2, 0) is 11.2 Å². The quantitative estimate of drug-likeness (QED) is 0.611. The van der Waals surface area contributed by atoms with Crippen LogP contribution in [0.25, 0.3) is 17.4 Å². The van der Waals surface area contributed by atoms with Crippen LogP contribution in [0.5, 0.6) is 0 Å². The van der Waals surface area contributed by atoms with Crippen LogP contribution >= 0.6 is 0 Å². The molecule has 4 heterocycles. The summed E-state index contributed by atoms with van der Waals surface area (Å²) in [6, 6.07) is 3.88. The van der Waals surface area contributed by atoms with Gasteiger partial charge in [0.25, 0.3) is 5.91 Å². The first-order valence-corrected chi connectivity index (χ1v) is 10.6. The summed E-state index contributed by atoms with van der Waals surface area (Å²) in [5.74, 6) is 0.111. The molecule has 0 radical (unpaired) electrons. The lowest BCUT2D eigenvalue weighted by Gasteiger charge is -2.18. The van der Waals surface area contributed by atoms with E-state index in [2.05, 4.69) is 51.5 Å². The van der Waals surface area contributed by atoms with Crippen molar-refractivity contribution in [3.8, 4) is 11.3 Å². The van der Waals surface area contributed by atoms with Crippen molar-refractivity contribution < 1.29 is 9.21 Å². The summed E-state index contributed by atoms with van der Waals surface area (Å²) < 4.78 is 5.79. The molecule has 0 bridgehead atoms. The van der Waals surface area contributed by atoms with Gasteiger partial charge in [-0.05, 0) is 50.2 Å². The van der Waals surface area contributed by atoms with Crippen LogP contribution in [0.3, 0.4) is 0 Å². The number of H-pyrrole nitrogens is 1. The van der Waals surface area contributed by atoms with Gasteiger partial charge in [0.2, 0.25) is 0 Å². The first-order chi connectivity index (χ1) is 15.1. The van der Waals surface area contributed by atoms with Crippen LogP contribution in [0.15, 0.2) is 51.0 Å². The van der Waals surface area contributed by atoms with Gasteiger partial charge in [0, 0.05) is 36.4 Å². The average Bonchev–Trinajstić information content (AvgIpc) is 3.51. The van der Waals surface area contributed by atoms with Crippen molar-refractivity contribution in [3.05, 3.63) is 53.4 Å². The summed E-state index contributed by atoms with van der Waals surface area (Å²) in [6.45, 7) is 9.47. The average molecular weight is 421 g/mol. The van der Waals surface area contributed by atoms with E-state index in [9.17, 15) is 4.79 Å². The van der Waals surface area contributed by atoms with Crippen LogP contribution in [0.4, 0.5) is 0 Å². The number of aromatic amines is 1. The van der Waals surface area contributed by atoms with Crippen molar-refractivity contribution in [3.63, 3.8) is 0 Å². The first kappa shape index (κ1) is 20.9. The second kappa shape index (κ2) is 9.18. The second-order valence-electron chi connectivity index (χ2n) is 7.54. The van der Waals surface area contributed by atoms with E-state index in [0.29, 0.717) is 5.71 Å². The fraction of sp³-hybridized carbons (Fsp3) is 0.348. The van der Waals surface area contributed by atoms with Crippen molar-refractivity contribution in [1.82, 2.24) is 20.6 Å². The third-order valence-corrected chi connectivity index (χ3v) is 5.75. The number of aliphatic imine (C=N–C) groups is 1. The number of hydrogen-bond acceptors (Lipinski definition) is 6. The Labute approximate surface area is 181 Å². The molecule has 1 atom stereocenters. The third kappa shape index (κ3) is 4.25. The molecule has 0 saturated heterocycles. The Bertz CT molecular complexity index is 1050. The first-order valence-electron chi connectivity index (χ1n) is 10.6. The zero-order valence-electron chi connectivity index (χ0n) is 18.1. The van der Waals surface area contributed by atoms with E-state index in [1.807, 2.05) is 18.2 Å². The summed E-state index contributed by atoms with van der Waals surface area (Å²) in [5, 5.41) is 7.12. The number of hydrogen-bond donors (Lipinski definition) is 3. The number of likely N-dealkylation sites (N-methyl/N-ethyl adjacent to an activating group) is 1. The molecule has 1 unspecified atom stereocenters. The summed E-state index contributed by atoms with van der Waals surface area (Å²) in [7, 11) is 0. The van der Waals surface area contributed by atoms with Crippen LogP contribution in [0.2, 0.25) is 0 Å². The molecule has 2 aliphatic rings. The molecule has 0 aliphatic carbocycles. The van der Waals surface area contributed by atoms with Crippen LogP contribution in [-0.4, -0.2) is 47.4 Å². The molecule has 2 aromatic rings. The van der Waals surface area contributed by atoms with Crippen molar-refractivity contribution >= 4 is 23.9 Å². The molecular weight excluding hydrogens is 392 g/mol. The second-order valence-corrected chi connectivity index (χ2v) is 7.54. The topological polar surface area (TPSA) is 98.0 Å². The highest BCUT2D eigenvalue weighted by molar-refractivity contribution is 6.24. The van der Waals surface area contributed by atoms with Gasteiger partial charge in [-0.2, -0.15) is 5.10 Å². The Balaban J connectivity index is 1.73. The number of hydrazone groups is 1. The van der Waals surface area contributed by atoms with Crippen molar-refractivity contribution in [2.45, 2.75) is 27.2 Å². The van der Waals surface area contributed by atoms with Gasteiger partial charge in [0.05, 0.1) is 23.4 Å². The zero-order valence-corrected chi connectivity index (χ0v) is 18.1. The SMILES string of the molecule is CCN(CC)CCc1c(C)[nH]c(C=C2NC=CN=C2C2C=NNC2=O)c1-c1ccco1. The monoisotopic (exact) mass is 420 g/mol. The van der Waals surface area contributed by atoms with E-state index in [1.165, 1.54) is 5.56 Å². The number of carbonyl (C=O) groups is 1. The van der Waals surface area contributed by atoms with Gasteiger partial charge in [-0.15, -0.1) is 0 Å². The summed E-state index contributed by atoms with van der Waals surface area (Å²) >= 11 is 0. The van der Waals surface area contributed by atoms with Gasteiger partial charge >= 0.3 is 0 Å². The highest BCUT2D eigenvalue weighted by Crippen LogP contribution is 2.33. The largest absolute Gasteiger partial charge is 0.464 e. The number of amides is 1. The standard InChI is InChI=1S/C23H28N6O2/c1-4-29(5-2)11-8-16-15(3)27-18(21(16)20-7-6-12-31-20)13-19-22(25-10-9-24-19)17-14-26-28-23(17)30/h6-7,9-10,12-14,17,24,27H,4-5,8,11H2,1-3H3,(H,28,30). The molecule has 0 saturated carbocycles. The number of rotatable bonds is 8. The van der Waals surface area contributed by atoms with E-state index in [-0.39, 0.29) is 5.91 Å². The Hall–Kier alpha value is -3.39. The molecule has 2 aliphatic heterocycles. The maximum Gasteiger partial charge on any atom is 0.254 e. The maximum atomic E-state index is 12.2. The van der Waals surface area contributed by atoms with Crippen LogP contribution in [0.1, 0.15) is 30.8 Å². The molecule has 0 aromatic carbocycles. The van der Waals surface area contributed by atoms with Crippen molar-refractivity contribution in [2.24, 2.45) is 16.0 Å². The number of aromatic nitrogens is 1. The number of carbonyl (C=O) groups excluding carboxylic acids is 1. The highest BCUT2D eigenvalue weighted by atomic mass is 16.3. The van der Waals surface area contributed by atoms with Gasteiger partial charge in [-0.3, -0.25) is 9.79 Å². The van der Waals surface area contributed by atoms with Crippen LogP contribution < -0.4 is 10.7 Å². The van der Waals surface area contributed by atoms with Gasteiger partial charge < -0.3 is 19.6 Å². The molecule has 0 spiro atoms. The number of allylic oxidation sites excluding steroid dienone is 1. The molecule has 0 fully saturated rings. The molecule has 1 amide bonds. The molecule has 31 heavy (non-hydrogen) atoms. The molecule has 8 nitrogen and oxygen atoms in total. The summed E-state index contributed by atoms with van der Waals surface area (Å²) in [5.41, 5.74) is 8.16. The molecule has 2 aromatic heterocycles. The Morgan fingerprint density at radius 1 is 1.29 bits per heavy atom. The maximum absolute atomic E-state index is 12.2. The minimum Gasteiger partial charge on any atom is -0.464 e. The minimum absolute atomic E-state index is 0.185. The summed E-state index contributed by atoms with van der Waals surface area (Å²) in [6.07, 6.45) is 9.58.